The Kier molecular flexibility index (Phi) is 5.04. The van der Waals surface area contributed by atoms with E-state index in [1.165, 1.54) is 18.3 Å². The van der Waals surface area contributed by atoms with Crippen molar-refractivity contribution >= 4 is 21.7 Å². The molecule has 0 spiro atoms. The smallest absolute Gasteiger partial charge is 0.324 e. The second-order valence-corrected chi connectivity index (χ2v) is 7.41. The van der Waals surface area contributed by atoms with Crippen molar-refractivity contribution in [3.8, 4) is 11.1 Å². The van der Waals surface area contributed by atoms with Gasteiger partial charge in [0.15, 0.2) is 5.03 Å². The van der Waals surface area contributed by atoms with Crippen LogP contribution in [0.1, 0.15) is 11.3 Å². The van der Waals surface area contributed by atoms with Crippen LogP contribution in [-0.2, 0) is 16.2 Å². The van der Waals surface area contributed by atoms with Crippen molar-refractivity contribution in [2.24, 2.45) is 5.14 Å². The van der Waals surface area contributed by atoms with E-state index in [-0.39, 0.29) is 11.0 Å². The maximum Gasteiger partial charge on any atom is 0.433 e. The van der Waals surface area contributed by atoms with Gasteiger partial charge in [-0.05, 0) is 48.4 Å². The molecule has 2 heterocycles. The fourth-order valence-corrected chi connectivity index (χ4v) is 2.90. The number of nitrogens with two attached hydrogens (primary N) is 1. The number of alkyl halides is 3. The minimum absolute atomic E-state index is 0.200. The summed E-state index contributed by atoms with van der Waals surface area (Å²) < 4.78 is 61.0. The van der Waals surface area contributed by atoms with Crippen LogP contribution in [-0.4, -0.2) is 23.4 Å². The van der Waals surface area contributed by atoms with Gasteiger partial charge in [-0.2, -0.15) is 13.2 Å². The molecule has 0 amide bonds. The Bertz CT molecular complexity index is 1120. The predicted octanol–water partition coefficient (Wildman–Crippen LogP) is 3.26. The van der Waals surface area contributed by atoms with Gasteiger partial charge in [0.05, 0.1) is 0 Å². The summed E-state index contributed by atoms with van der Waals surface area (Å²) in [6, 6.07) is 8.77. The van der Waals surface area contributed by atoms with Gasteiger partial charge in [0, 0.05) is 23.6 Å². The Morgan fingerprint density at radius 3 is 2.39 bits per heavy atom. The fraction of sp³-hybridized carbons (Fsp3) is 0.118. The molecule has 146 valence electrons. The van der Waals surface area contributed by atoms with Crippen LogP contribution >= 0.6 is 0 Å². The first kappa shape index (κ1) is 19.7. The molecule has 3 aromatic rings. The Hall–Kier alpha value is -3.05. The Morgan fingerprint density at radius 1 is 1.04 bits per heavy atom. The van der Waals surface area contributed by atoms with Gasteiger partial charge >= 0.3 is 6.18 Å². The standard InChI is InChI=1S/C17H14F3N5O2S/c1-10-6-12(11-2-3-15(23-9-11)28(21,26)27)8-13(7-10)24-16-22-5-4-14(25-16)17(18,19)20/h2-9H,1H3,(H2,21,26,27)(H,22,24,25). The number of primary sulfonamides is 1. The lowest BCUT2D eigenvalue weighted by molar-refractivity contribution is -0.141. The topological polar surface area (TPSA) is 111 Å². The third-order valence-electron chi connectivity index (χ3n) is 3.64. The molecule has 2 aromatic heterocycles. The Morgan fingerprint density at radius 2 is 1.79 bits per heavy atom. The van der Waals surface area contributed by atoms with Crippen molar-refractivity contribution in [2.45, 2.75) is 18.1 Å². The average molecular weight is 409 g/mol. The highest BCUT2D eigenvalue weighted by Gasteiger charge is 2.32. The molecule has 28 heavy (non-hydrogen) atoms. The van der Waals surface area contributed by atoms with E-state index >= 15 is 0 Å². The largest absolute Gasteiger partial charge is 0.433 e. The van der Waals surface area contributed by atoms with Crippen molar-refractivity contribution in [3.05, 3.63) is 60.0 Å². The zero-order valence-corrected chi connectivity index (χ0v) is 15.2. The molecule has 0 unspecified atom stereocenters. The molecule has 1 aromatic carbocycles. The second-order valence-electron chi connectivity index (χ2n) is 5.91. The maximum absolute atomic E-state index is 12.8. The highest BCUT2D eigenvalue weighted by atomic mass is 32.2. The number of hydrogen-bond donors (Lipinski definition) is 2. The number of benzene rings is 1. The van der Waals surface area contributed by atoms with Crippen molar-refractivity contribution in [2.75, 3.05) is 5.32 Å². The van der Waals surface area contributed by atoms with Crippen molar-refractivity contribution in [3.63, 3.8) is 0 Å². The molecular formula is C17H14F3N5O2S. The van der Waals surface area contributed by atoms with Crippen LogP contribution in [0.4, 0.5) is 24.8 Å². The van der Waals surface area contributed by atoms with E-state index in [1.54, 1.807) is 19.1 Å². The van der Waals surface area contributed by atoms with Crippen LogP contribution in [0.3, 0.4) is 0 Å². The molecule has 0 bridgehead atoms. The van der Waals surface area contributed by atoms with E-state index in [2.05, 4.69) is 20.3 Å². The van der Waals surface area contributed by atoms with E-state index in [0.717, 1.165) is 17.8 Å². The number of hydrogen-bond acceptors (Lipinski definition) is 6. The van der Waals surface area contributed by atoms with E-state index in [0.29, 0.717) is 16.8 Å². The Labute approximate surface area is 158 Å². The highest BCUT2D eigenvalue weighted by Crippen LogP contribution is 2.29. The molecule has 0 aliphatic rings. The van der Waals surface area contributed by atoms with Gasteiger partial charge < -0.3 is 5.32 Å². The van der Waals surface area contributed by atoms with E-state index < -0.39 is 21.9 Å². The van der Waals surface area contributed by atoms with Crippen LogP contribution in [0.2, 0.25) is 0 Å². The third kappa shape index (κ3) is 4.61. The number of halogens is 3. The van der Waals surface area contributed by atoms with Crippen LogP contribution in [0.15, 0.2) is 53.8 Å². The number of anilines is 2. The summed E-state index contributed by atoms with van der Waals surface area (Å²) in [5.41, 5.74) is 1.49. The number of rotatable bonds is 4. The minimum Gasteiger partial charge on any atom is -0.324 e. The monoisotopic (exact) mass is 409 g/mol. The summed E-state index contributed by atoms with van der Waals surface area (Å²) in [7, 11) is -3.91. The number of nitrogens with zero attached hydrogens (tertiary/aromatic N) is 3. The molecule has 0 fully saturated rings. The molecule has 3 N–H and O–H groups in total. The maximum atomic E-state index is 12.8. The molecule has 7 nitrogen and oxygen atoms in total. The van der Waals surface area contributed by atoms with Gasteiger partial charge in [-0.15, -0.1) is 0 Å². The highest BCUT2D eigenvalue weighted by molar-refractivity contribution is 7.89. The SMILES string of the molecule is Cc1cc(Nc2nccc(C(F)(F)F)n2)cc(-c2ccc(S(N)(=O)=O)nc2)c1. The molecule has 0 aliphatic heterocycles. The summed E-state index contributed by atoms with van der Waals surface area (Å²) >= 11 is 0. The number of aromatic nitrogens is 3. The molecule has 0 saturated carbocycles. The Balaban J connectivity index is 1.92. The summed E-state index contributed by atoms with van der Waals surface area (Å²) in [6.07, 6.45) is -2.21. The van der Waals surface area contributed by atoms with Crippen LogP contribution in [0, 0.1) is 6.92 Å². The van der Waals surface area contributed by atoms with Gasteiger partial charge in [-0.1, -0.05) is 6.07 Å². The third-order valence-corrected chi connectivity index (χ3v) is 4.47. The average Bonchev–Trinajstić information content (AvgIpc) is 2.60. The molecule has 0 radical (unpaired) electrons. The van der Waals surface area contributed by atoms with Gasteiger partial charge in [0.25, 0.3) is 10.0 Å². The molecule has 0 saturated heterocycles. The summed E-state index contributed by atoms with van der Waals surface area (Å²) in [5, 5.41) is 7.51. The lowest BCUT2D eigenvalue weighted by Gasteiger charge is -2.11. The number of nitrogens with one attached hydrogen (secondary N) is 1. The van der Waals surface area contributed by atoms with E-state index in [9.17, 15) is 21.6 Å². The lowest BCUT2D eigenvalue weighted by Crippen LogP contribution is -2.13. The van der Waals surface area contributed by atoms with Gasteiger partial charge in [0.1, 0.15) is 5.69 Å². The molecule has 0 aliphatic carbocycles. The number of pyridine rings is 1. The summed E-state index contributed by atoms with van der Waals surface area (Å²) in [6.45, 7) is 1.80. The van der Waals surface area contributed by atoms with Gasteiger partial charge in [-0.3, -0.25) is 0 Å². The molecule has 11 heteroatoms. The first-order valence-electron chi connectivity index (χ1n) is 7.80. The van der Waals surface area contributed by atoms with Crippen molar-refractivity contribution in [1.82, 2.24) is 15.0 Å². The van der Waals surface area contributed by atoms with Crippen molar-refractivity contribution < 1.29 is 21.6 Å². The first-order valence-corrected chi connectivity index (χ1v) is 9.35. The normalized spacial score (nSPS) is 12.0. The minimum atomic E-state index is -4.58. The zero-order chi connectivity index (χ0) is 20.5. The zero-order valence-electron chi connectivity index (χ0n) is 14.4. The van der Waals surface area contributed by atoms with Crippen LogP contribution < -0.4 is 10.5 Å². The fourth-order valence-electron chi connectivity index (χ4n) is 2.45. The number of aryl methyl sites for hydroxylation is 1. The lowest BCUT2D eigenvalue weighted by atomic mass is 10.0. The predicted molar refractivity (Wildman–Crippen MR) is 96.1 cm³/mol. The van der Waals surface area contributed by atoms with Gasteiger partial charge in [-0.25, -0.2) is 28.5 Å². The molecular weight excluding hydrogens is 395 g/mol. The van der Waals surface area contributed by atoms with Crippen molar-refractivity contribution in [1.29, 1.82) is 0 Å². The quantitative estimate of drug-likeness (QED) is 0.684. The summed E-state index contributed by atoms with van der Waals surface area (Å²) in [4.78, 5) is 11.1. The van der Waals surface area contributed by atoms with E-state index in [4.69, 9.17) is 5.14 Å². The number of sulfonamides is 1. The molecule has 0 atom stereocenters. The van der Waals surface area contributed by atoms with Crippen LogP contribution in [0.5, 0.6) is 0 Å². The second kappa shape index (κ2) is 7.17. The first-order chi connectivity index (χ1) is 13.0. The summed E-state index contributed by atoms with van der Waals surface area (Å²) in [5.74, 6) is -0.200. The van der Waals surface area contributed by atoms with E-state index in [1.807, 2.05) is 6.07 Å². The van der Waals surface area contributed by atoms with Crippen LogP contribution in [0.25, 0.3) is 11.1 Å². The van der Waals surface area contributed by atoms with Gasteiger partial charge in [0.2, 0.25) is 5.95 Å². The molecule has 3 rings (SSSR count).